The van der Waals surface area contributed by atoms with Crippen molar-refractivity contribution in [1.82, 2.24) is 4.90 Å². The summed E-state index contributed by atoms with van der Waals surface area (Å²) in [4.78, 5) is 14.5. The molecule has 1 N–H and O–H groups in total. The fraction of sp³-hybridized carbons (Fsp3) is 0.316. The smallest absolute Gasteiger partial charge is 0.238 e. The standard InChI is InChI=1S/C19H20ClFN2O2/c1-12-16-10-15(21)5-3-13(16)7-8-23(12)11-19(24)22-17-9-14(20)4-6-18(17)25-2/h3-6,9-10,12H,7-8,11H2,1-2H3,(H,22,24). The van der Waals surface area contributed by atoms with E-state index in [1.165, 1.54) is 13.2 Å². The number of rotatable bonds is 4. The molecule has 0 saturated heterocycles. The molecule has 0 aromatic heterocycles. The van der Waals surface area contributed by atoms with Crippen molar-refractivity contribution in [1.29, 1.82) is 0 Å². The zero-order valence-corrected chi connectivity index (χ0v) is 14.9. The monoisotopic (exact) mass is 362 g/mol. The molecule has 1 atom stereocenters. The molecule has 0 saturated carbocycles. The zero-order valence-electron chi connectivity index (χ0n) is 14.2. The van der Waals surface area contributed by atoms with Gasteiger partial charge in [0.15, 0.2) is 0 Å². The highest BCUT2D eigenvalue weighted by molar-refractivity contribution is 6.31. The Kier molecular flexibility index (Phi) is 5.25. The van der Waals surface area contributed by atoms with E-state index in [2.05, 4.69) is 5.32 Å². The van der Waals surface area contributed by atoms with Crippen LogP contribution in [-0.2, 0) is 11.2 Å². The van der Waals surface area contributed by atoms with E-state index in [1.807, 2.05) is 17.9 Å². The van der Waals surface area contributed by atoms with Crippen LogP contribution in [0.15, 0.2) is 36.4 Å². The van der Waals surface area contributed by atoms with E-state index in [0.717, 1.165) is 24.1 Å². The minimum atomic E-state index is -0.249. The largest absolute Gasteiger partial charge is 0.495 e. The highest BCUT2D eigenvalue weighted by Gasteiger charge is 2.26. The first kappa shape index (κ1) is 17.7. The minimum absolute atomic E-state index is 0.0218. The van der Waals surface area contributed by atoms with Crippen molar-refractivity contribution in [2.24, 2.45) is 0 Å². The molecule has 1 unspecified atom stereocenters. The van der Waals surface area contributed by atoms with Gasteiger partial charge in [-0.2, -0.15) is 0 Å². The third-order valence-corrected chi connectivity index (χ3v) is 4.79. The van der Waals surface area contributed by atoms with Crippen LogP contribution in [0.5, 0.6) is 5.75 Å². The van der Waals surface area contributed by atoms with Gasteiger partial charge in [0, 0.05) is 17.6 Å². The first-order chi connectivity index (χ1) is 12.0. The van der Waals surface area contributed by atoms with Crippen molar-refractivity contribution < 1.29 is 13.9 Å². The van der Waals surface area contributed by atoms with Gasteiger partial charge >= 0.3 is 0 Å². The summed E-state index contributed by atoms with van der Waals surface area (Å²) in [6, 6.07) is 9.92. The lowest BCUT2D eigenvalue weighted by molar-refractivity contribution is -0.117. The maximum Gasteiger partial charge on any atom is 0.238 e. The van der Waals surface area contributed by atoms with Gasteiger partial charge < -0.3 is 10.1 Å². The van der Waals surface area contributed by atoms with Crippen LogP contribution in [0.3, 0.4) is 0 Å². The topological polar surface area (TPSA) is 41.6 Å². The summed E-state index contributed by atoms with van der Waals surface area (Å²) in [6.07, 6.45) is 0.799. The van der Waals surface area contributed by atoms with Gasteiger partial charge in [0.25, 0.3) is 0 Å². The molecule has 0 bridgehead atoms. The van der Waals surface area contributed by atoms with Crippen LogP contribution >= 0.6 is 11.6 Å². The molecule has 2 aromatic rings. The minimum Gasteiger partial charge on any atom is -0.495 e. The van der Waals surface area contributed by atoms with E-state index in [0.29, 0.717) is 16.5 Å². The molecule has 25 heavy (non-hydrogen) atoms. The molecule has 3 rings (SSSR count). The van der Waals surface area contributed by atoms with Crippen molar-refractivity contribution in [3.8, 4) is 5.75 Å². The van der Waals surface area contributed by atoms with Gasteiger partial charge in [0.05, 0.1) is 19.3 Å². The average Bonchev–Trinajstić information content (AvgIpc) is 2.58. The summed E-state index contributed by atoms with van der Waals surface area (Å²) < 4.78 is 18.8. The molecule has 132 valence electrons. The molecule has 1 aliphatic rings. The number of halogens is 2. The van der Waals surface area contributed by atoms with Gasteiger partial charge in [-0.15, -0.1) is 0 Å². The number of benzene rings is 2. The summed E-state index contributed by atoms with van der Waals surface area (Å²) in [5.41, 5.74) is 2.62. The Labute approximate surface area is 151 Å². The Morgan fingerprint density at radius 2 is 2.16 bits per heavy atom. The second-order valence-electron chi connectivity index (χ2n) is 6.13. The van der Waals surface area contributed by atoms with Gasteiger partial charge in [-0.1, -0.05) is 17.7 Å². The van der Waals surface area contributed by atoms with Gasteiger partial charge in [0.1, 0.15) is 11.6 Å². The summed E-state index contributed by atoms with van der Waals surface area (Å²) in [5, 5.41) is 3.36. The van der Waals surface area contributed by atoms with Gasteiger partial charge in [-0.3, -0.25) is 9.69 Å². The second-order valence-corrected chi connectivity index (χ2v) is 6.57. The highest BCUT2D eigenvalue weighted by atomic mass is 35.5. The number of carbonyl (C=O) groups is 1. The summed E-state index contributed by atoms with van der Waals surface area (Å²) in [5.74, 6) is 0.143. The Bertz CT molecular complexity index is 797. The van der Waals surface area contributed by atoms with E-state index in [4.69, 9.17) is 16.3 Å². The number of amides is 1. The molecule has 4 nitrogen and oxygen atoms in total. The predicted molar refractivity (Wildman–Crippen MR) is 96.7 cm³/mol. The van der Waals surface area contributed by atoms with Crippen LogP contribution in [0.25, 0.3) is 0 Å². The SMILES string of the molecule is COc1ccc(Cl)cc1NC(=O)CN1CCc2ccc(F)cc2C1C. The lowest BCUT2D eigenvalue weighted by Gasteiger charge is -2.34. The third kappa shape index (κ3) is 3.94. The quantitative estimate of drug-likeness (QED) is 0.892. The Morgan fingerprint density at radius 3 is 2.92 bits per heavy atom. The molecular formula is C19H20ClFN2O2. The van der Waals surface area contributed by atoms with E-state index in [1.54, 1.807) is 24.3 Å². The molecule has 1 amide bonds. The first-order valence-corrected chi connectivity index (χ1v) is 8.51. The number of ether oxygens (including phenoxy) is 1. The van der Waals surface area contributed by atoms with Crippen molar-refractivity contribution in [2.75, 3.05) is 25.5 Å². The summed E-state index contributed by atoms with van der Waals surface area (Å²) in [7, 11) is 1.54. The number of methoxy groups -OCH3 is 1. The van der Waals surface area contributed by atoms with Crippen LogP contribution in [0, 0.1) is 5.82 Å². The number of anilines is 1. The van der Waals surface area contributed by atoms with E-state index in [9.17, 15) is 9.18 Å². The van der Waals surface area contributed by atoms with Crippen LogP contribution in [0.1, 0.15) is 24.1 Å². The van der Waals surface area contributed by atoms with E-state index < -0.39 is 0 Å². The molecule has 1 heterocycles. The molecule has 0 spiro atoms. The molecule has 1 aliphatic heterocycles. The fourth-order valence-corrected chi connectivity index (χ4v) is 3.38. The maximum atomic E-state index is 13.5. The Morgan fingerprint density at radius 1 is 1.36 bits per heavy atom. The maximum absolute atomic E-state index is 13.5. The predicted octanol–water partition coefficient (Wildman–Crippen LogP) is 4.05. The number of hydrogen-bond donors (Lipinski definition) is 1. The van der Waals surface area contributed by atoms with Crippen LogP contribution < -0.4 is 10.1 Å². The van der Waals surface area contributed by atoms with E-state index in [-0.39, 0.29) is 24.3 Å². The van der Waals surface area contributed by atoms with Crippen molar-refractivity contribution in [3.05, 3.63) is 58.4 Å². The third-order valence-electron chi connectivity index (χ3n) is 4.56. The first-order valence-electron chi connectivity index (χ1n) is 8.13. The van der Waals surface area contributed by atoms with Crippen LogP contribution in [-0.4, -0.2) is 31.0 Å². The summed E-state index contributed by atoms with van der Waals surface area (Å²) in [6.45, 7) is 2.96. The fourth-order valence-electron chi connectivity index (χ4n) is 3.20. The number of hydrogen-bond acceptors (Lipinski definition) is 3. The van der Waals surface area contributed by atoms with Crippen molar-refractivity contribution >= 4 is 23.2 Å². The number of nitrogens with one attached hydrogen (secondary N) is 1. The van der Waals surface area contributed by atoms with Crippen LogP contribution in [0.4, 0.5) is 10.1 Å². The molecular weight excluding hydrogens is 343 g/mol. The lowest BCUT2D eigenvalue weighted by atomic mass is 9.93. The van der Waals surface area contributed by atoms with Gasteiger partial charge in [-0.25, -0.2) is 4.39 Å². The lowest BCUT2D eigenvalue weighted by Crippen LogP contribution is -2.39. The molecule has 0 aliphatic carbocycles. The Hall–Kier alpha value is -2.11. The van der Waals surface area contributed by atoms with Crippen molar-refractivity contribution in [2.45, 2.75) is 19.4 Å². The van der Waals surface area contributed by atoms with E-state index >= 15 is 0 Å². The highest BCUT2D eigenvalue weighted by Crippen LogP contribution is 2.31. The summed E-state index contributed by atoms with van der Waals surface area (Å²) >= 11 is 5.99. The average molecular weight is 363 g/mol. The second kappa shape index (κ2) is 7.42. The molecule has 0 fully saturated rings. The van der Waals surface area contributed by atoms with Crippen molar-refractivity contribution in [3.63, 3.8) is 0 Å². The van der Waals surface area contributed by atoms with Gasteiger partial charge in [0.2, 0.25) is 5.91 Å². The number of carbonyl (C=O) groups excluding carboxylic acids is 1. The molecule has 6 heteroatoms. The Balaban J connectivity index is 1.71. The zero-order chi connectivity index (χ0) is 18.0. The molecule has 2 aromatic carbocycles. The molecule has 0 radical (unpaired) electrons. The van der Waals surface area contributed by atoms with Crippen LogP contribution in [0.2, 0.25) is 5.02 Å². The van der Waals surface area contributed by atoms with Gasteiger partial charge in [-0.05, 0) is 54.8 Å². The number of fused-ring (bicyclic) bond motifs is 1. The normalized spacial score (nSPS) is 17.0. The number of nitrogens with zero attached hydrogens (tertiary/aromatic N) is 1.